The van der Waals surface area contributed by atoms with Gasteiger partial charge >= 0.3 is 0 Å². The summed E-state index contributed by atoms with van der Waals surface area (Å²) in [6, 6.07) is 18.6. The molecule has 3 aliphatic rings. The molecule has 2 bridgehead atoms. The van der Waals surface area contributed by atoms with Gasteiger partial charge in [-0.1, -0.05) is 97.8 Å². The van der Waals surface area contributed by atoms with Crippen LogP contribution in [-0.2, 0) is 14.8 Å². The van der Waals surface area contributed by atoms with Crippen molar-refractivity contribution in [3.05, 3.63) is 95.1 Å². The molecule has 2 aromatic rings. The molecule has 5 rings (SSSR count). The normalized spacial score (nSPS) is 26.4. The maximum Gasteiger partial charge on any atom is 0.261 e. The molecule has 0 radical (unpaired) electrons. The number of fused-ring (bicyclic) bond motifs is 1. The molecule has 0 aromatic heterocycles. The highest BCUT2D eigenvalue weighted by molar-refractivity contribution is 7.90. The van der Waals surface area contributed by atoms with Crippen molar-refractivity contribution >= 4 is 21.6 Å². The van der Waals surface area contributed by atoms with E-state index in [1.807, 2.05) is 60.7 Å². The highest BCUT2D eigenvalue weighted by Gasteiger charge is 2.72. The van der Waals surface area contributed by atoms with Gasteiger partial charge in [0.15, 0.2) is 0 Å². The number of hydrogen-bond donors (Lipinski definition) is 0. The Labute approximate surface area is 246 Å². The third kappa shape index (κ3) is 5.48. The van der Waals surface area contributed by atoms with Crippen molar-refractivity contribution in [3.63, 3.8) is 0 Å². The van der Waals surface area contributed by atoms with Crippen molar-refractivity contribution in [1.82, 2.24) is 4.31 Å². The average Bonchev–Trinajstić information content (AvgIpc) is 3.42. The number of hydrogen-bond acceptors (Lipinski definition) is 4. The zero-order valence-corrected chi connectivity index (χ0v) is 26.0. The van der Waals surface area contributed by atoms with E-state index in [0.717, 1.165) is 43.2 Å². The van der Waals surface area contributed by atoms with E-state index in [1.165, 1.54) is 15.5 Å². The SMILES string of the molecule is CC(C)=CCC/C(C)=C/C[C@H](N=C(c1ccccc1)c1ccccc1)C(=O)N1[C@H]2C[C@H]3CC[C@]2(CS1(=O)=O)C3(C)C. The fourth-order valence-electron chi connectivity index (χ4n) is 7.60. The third-order valence-electron chi connectivity index (χ3n) is 10.1. The molecular formula is C35H44N2O3S. The molecule has 3 fully saturated rings. The molecule has 1 spiro atoms. The third-order valence-corrected chi connectivity index (χ3v) is 12.0. The monoisotopic (exact) mass is 572 g/mol. The molecule has 218 valence electrons. The molecule has 2 aromatic carbocycles. The Morgan fingerprint density at radius 3 is 2.17 bits per heavy atom. The molecule has 1 saturated heterocycles. The lowest BCUT2D eigenvalue weighted by molar-refractivity contribution is -0.130. The number of benzene rings is 2. The fraction of sp³-hybridized carbons (Fsp3) is 0.486. The minimum Gasteiger partial charge on any atom is -0.271 e. The highest BCUT2D eigenvalue weighted by atomic mass is 32.2. The quantitative estimate of drug-likeness (QED) is 0.233. The molecule has 5 nitrogen and oxygen atoms in total. The molecule has 1 heterocycles. The standard InChI is InChI=1S/C35H44N2O3S/c1-25(2)13-12-14-26(3)19-20-30(36-32(27-15-8-6-9-16-27)28-17-10-7-11-18-28)33(38)37-31-23-29-21-22-35(31,34(29,4)5)24-41(37,39)40/h6-11,13,15-19,29-31H,12,14,20-24H2,1-5H3/b26-19+/t29-,30+,31+,35-/m1/s1. The van der Waals surface area contributed by atoms with Crippen LogP contribution >= 0.6 is 0 Å². The molecular weight excluding hydrogens is 528 g/mol. The summed E-state index contributed by atoms with van der Waals surface area (Å²) in [7, 11) is -3.75. The number of carbonyl (C=O) groups excluding carboxylic acids is 1. The van der Waals surface area contributed by atoms with E-state index in [9.17, 15) is 13.2 Å². The zero-order chi connectivity index (χ0) is 29.4. The van der Waals surface area contributed by atoms with Crippen LogP contribution in [-0.4, -0.2) is 42.2 Å². The van der Waals surface area contributed by atoms with Crippen LogP contribution in [0.1, 0.15) is 84.3 Å². The first-order chi connectivity index (χ1) is 19.5. The molecule has 1 aliphatic heterocycles. The Morgan fingerprint density at radius 2 is 1.61 bits per heavy atom. The minimum absolute atomic E-state index is 0.0676. The molecule has 0 unspecified atom stereocenters. The second-order valence-electron chi connectivity index (χ2n) is 13.1. The second-order valence-corrected chi connectivity index (χ2v) is 14.9. The summed E-state index contributed by atoms with van der Waals surface area (Å²) < 4.78 is 28.9. The van der Waals surface area contributed by atoms with Gasteiger partial charge in [0, 0.05) is 16.5 Å². The van der Waals surface area contributed by atoms with Gasteiger partial charge in [0.1, 0.15) is 6.04 Å². The minimum atomic E-state index is -3.75. The zero-order valence-electron chi connectivity index (χ0n) is 25.1. The number of allylic oxidation sites excluding steroid dienone is 3. The molecule has 0 N–H and O–H groups in total. The van der Waals surface area contributed by atoms with E-state index in [4.69, 9.17) is 4.99 Å². The number of aliphatic imine (C=N–C) groups is 1. The fourth-order valence-corrected chi connectivity index (χ4v) is 10.2. The molecule has 1 amide bonds. The van der Waals surface area contributed by atoms with Gasteiger partial charge in [-0.25, -0.2) is 12.7 Å². The summed E-state index contributed by atoms with van der Waals surface area (Å²) >= 11 is 0. The van der Waals surface area contributed by atoms with Crippen LogP contribution in [0.5, 0.6) is 0 Å². The topological polar surface area (TPSA) is 66.8 Å². The van der Waals surface area contributed by atoms with Crippen LogP contribution in [0, 0.1) is 16.7 Å². The maximum atomic E-state index is 14.5. The van der Waals surface area contributed by atoms with Gasteiger partial charge in [0.25, 0.3) is 5.91 Å². The first kappa shape index (κ1) is 29.5. The van der Waals surface area contributed by atoms with E-state index in [0.29, 0.717) is 18.1 Å². The van der Waals surface area contributed by atoms with Gasteiger partial charge < -0.3 is 0 Å². The van der Waals surface area contributed by atoms with Crippen LogP contribution in [0.3, 0.4) is 0 Å². The van der Waals surface area contributed by atoms with Crippen LogP contribution in [0.25, 0.3) is 0 Å². The summed E-state index contributed by atoms with van der Waals surface area (Å²) in [4.78, 5) is 19.6. The van der Waals surface area contributed by atoms with E-state index in [2.05, 4.69) is 46.8 Å². The number of carbonyl (C=O) groups is 1. The van der Waals surface area contributed by atoms with Crippen molar-refractivity contribution in [1.29, 1.82) is 0 Å². The molecule has 2 aliphatic carbocycles. The van der Waals surface area contributed by atoms with Gasteiger partial charge in [-0.05, 0) is 70.6 Å². The highest BCUT2D eigenvalue weighted by Crippen LogP contribution is 2.70. The number of nitrogens with zero attached hydrogens (tertiary/aromatic N) is 2. The summed E-state index contributed by atoms with van der Waals surface area (Å²) in [5.41, 5.74) is 4.52. The Bertz CT molecular complexity index is 1430. The lowest BCUT2D eigenvalue weighted by Gasteiger charge is -2.37. The second kappa shape index (κ2) is 11.4. The van der Waals surface area contributed by atoms with Gasteiger partial charge in [0.2, 0.25) is 10.0 Å². The first-order valence-corrected chi connectivity index (χ1v) is 16.6. The van der Waals surface area contributed by atoms with Crippen molar-refractivity contribution in [3.8, 4) is 0 Å². The van der Waals surface area contributed by atoms with E-state index in [-0.39, 0.29) is 28.5 Å². The van der Waals surface area contributed by atoms with E-state index >= 15 is 0 Å². The Kier molecular flexibility index (Phi) is 8.17. The summed E-state index contributed by atoms with van der Waals surface area (Å²) in [6.45, 7) is 10.7. The van der Waals surface area contributed by atoms with Crippen LogP contribution in [0.15, 0.2) is 89.0 Å². The van der Waals surface area contributed by atoms with Crippen molar-refractivity contribution < 1.29 is 13.2 Å². The summed E-state index contributed by atoms with van der Waals surface area (Å²) in [5, 5.41) is 0. The average molecular weight is 573 g/mol. The lowest BCUT2D eigenvalue weighted by Crippen LogP contribution is -2.47. The van der Waals surface area contributed by atoms with Gasteiger partial charge in [-0.3, -0.25) is 9.79 Å². The predicted molar refractivity (Wildman–Crippen MR) is 167 cm³/mol. The Morgan fingerprint density at radius 1 is 1.00 bits per heavy atom. The van der Waals surface area contributed by atoms with Crippen LogP contribution in [0.4, 0.5) is 0 Å². The predicted octanol–water partition coefficient (Wildman–Crippen LogP) is 7.34. The number of sulfonamides is 1. The van der Waals surface area contributed by atoms with Gasteiger partial charge in [-0.2, -0.15) is 0 Å². The van der Waals surface area contributed by atoms with Gasteiger partial charge in [-0.15, -0.1) is 0 Å². The van der Waals surface area contributed by atoms with E-state index in [1.54, 1.807) is 0 Å². The number of rotatable bonds is 9. The van der Waals surface area contributed by atoms with Crippen molar-refractivity contribution in [2.45, 2.75) is 85.2 Å². The first-order valence-electron chi connectivity index (χ1n) is 15.0. The van der Waals surface area contributed by atoms with E-state index < -0.39 is 16.1 Å². The lowest BCUT2D eigenvalue weighted by atomic mass is 9.69. The molecule has 41 heavy (non-hydrogen) atoms. The molecule has 2 saturated carbocycles. The Hall–Kier alpha value is -2.99. The van der Waals surface area contributed by atoms with Crippen LogP contribution < -0.4 is 0 Å². The molecule has 4 atom stereocenters. The largest absolute Gasteiger partial charge is 0.271 e. The smallest absolute Gasteiger partial charge is 0.261 e. The van der Waals surface area contributed by atoms with Crippen molar-refractivity contribution in [2.24, 2.45) is 21.7 Å². The summed E-state index contributed by atoms with van der Waals surface area (Å²) in [5.74, 6) is 0.132. The van der Waals surface area contributed by atoms with Crippen LogP contribution in [0.2, 0.25) is 0 Å². The molecule has 6 heteroatoms. The number of amides is 1. The Balaban J connectivity index is 1.56. The van der Waals surface area contributed by atoms with Crippen molar-refractivity contribution in [2.75, 3.05) is 5.75 Å². The van der Waals surface area contributed by atoms with Gasteiger partial charge in [0.05, 0.1) is 17.5 Å². The summed E-state index contributed by atoms with van der Waals surface area (Å²) in [6.07, 6.45) is 9.17. The maximum absolute atomic E-state index is 14.5.